The molecule has 1 unspecified atom stereocenters. The van der Waals surface area contributed by atoms with Gasteiger partial charge in [-0.25, -0.2) is 14.8 Å². The predicted molar refractivity (Wildman–Crippen MR) is 71.0 cm³/mol. The molecule has 1 aromatic rings. The minimum Gasteiger partial charge on any atom is -0.470 e. The molecule has 1 fully saturated rings. The van der Waals surface area contributed by atoms with Crippen molar-refractivity contribution in [3.63, 3.8) is 0 Å². The Morgan fingerprint density at radius 1 is 1.55 bits per heavy atom. The number of urea groups is 1. The standard InChI is InChI=1S/C13H17N5O2/c1-9(2)17-13(19)18-6-3-10(8-18)20-12-11(7-14)15-4-5-16-12/h4-5,9-10H,3,6,8H2,1-2H3,(H,17,19). The van der Waals surface area contributed by atoms with E-state index in [1.54, 1.807) is 4.90 Å². The lowest BCUT2D eigenvalue weighted by Gasteiger charge is -2.19. The Balaban J connectivity index is 1.94. The van der Waals surface area contributed by atoms with Crippen molar-refractivity contribution < 1.29 is 9.53 Å². The van der Waals surface area contributed by atoms with Crippen molar-refractivity contribution in [2.45, 2.75) is 32.4 Å². The van der Waals surface area contributed by atoms with Crippen LogP contribution in [-0.2, 0) is 0 Å². The third-order valence-electron chi connectivity index (χ3n) is 2.89. The number of amides is 2. The lowest BCUT2D eigenvalue weighted by molar-refractivity contribution is 0.181. The molecule has 7 heteroatoms. The highest BCUT2D eigenvalue weighted by Gasteiger charge is 2.28. The highest BCUT2D eigenvalue weighted by atomic mass is 16.5. The van der Waals surface area contributed by atoms with E-state index < -0.39 is 0 Å². The third-order valence-corrected chi connectivity index (χ3v) is 2.89. The van der Waals surface area contributed by atoms with Crippen LogP contribution in [0.25, 0.3) is 0 Å². The molecule has 0 saturated carbocycles. The van der Waals surface area contributed by atoms with Crippen molar-refractivity contribution in [1.82, 2.24) is 20.2 Å². The summed E-state index contributed by atoms with van der Waals surface area (Å²) in [6.07, 6.45) is 3.49. The highest BCUT2D eigenvalue weighted by molar-refractivity contribution is 5.74. The number of hydrogen-bond donors (Lipinski definition) is 1. The van der Waals surface area contributed by atoms with Crippen LogP contribution in [0.4, 0.5) is 4.79 Å². The van der Waals surface area contributed by atoms with Crippen molar-refractivity contribution >= 4 is 6.03 Å². The lowest BCUT2D eigenvalue weighted by atomic mass is 10.3. The second-order valence-electron chi connectivity index (χ2n) is 4.90. The number of carbonyl (C=O) groups excluding carboxylic acids is 1. The van der Waals surface area contributed by atoms with Gasteiger partial charge in [-0.2, -0.15) is 5.26 Å². The molecule has 1 aromatic heterocycles. The van der Waals surface area contributed by atoms with Gasteiger partial charge in [0.15, 0.2) is 0 Å². The fraction of sp³-hybridized carbons (Fsp3) is 0.538. The second-order valence-corrected chi connectivity index (χ2v) is 4.90. The highest BCUT2D eigenvalue weighted by Crippen LogP contribution is 2.18. The van der Waals surface area contributed by atoms with E-state index in [0.29, 0.717) is 19.5 Å². The first-order valence-corrected chi connectivity index (χ1v) is 6.53. The minimum atomic E-state index is -0.156. The van der Waals surface area contributed by atoms with Crippen molar-refractivity contribution in [2.24, 2.45) is 0 Å². The summed E-state index contributed by atoms with van der Waals surface area (Å²) < 4.78 is 5.66. The van der Waals surface area contributed by atoms with Crippen LogP contribution in [0.3, 0.4) is 0 Å². The molecular formula is C13H17N5O2. The van der Waals surface area contributed by atoms with Gasteiger partial charge in [0.2, 0.25) is 5.69 Å². The van der Waals surface area contributed by atoms with Gasteiger partial charge >= 0.3 is 6.03 Å². The normalized spacial score (nSPS) is 17.9. The number of carbonyl (C=O) groups is 1. The molecule has 0 aromatic carbocycles. The number of nitriles is 1. The van der Waals surface area contributed by atoms with Crippen LogP contribution in [-0.4, -0.2) is 46.1 Å². The summed E-state index contributed by atoms with van der Waals surface area (Å²) in [7, 11) is 0. The summed E-state index contributed by atoms with van der Waals surface area (Å²) in [5.74, 6) is 0.228. The first-order chi connectivity index (χ1) is 9.60. The summed E-state index contributed by atoms with van der Waals surface area (Å²) in [5, 5.41) is 11.8. The molecule has 1 aliphatic heterocycles. The number of rotatable bonds is 3. The summed E-state index contributed by atoms with van der Waals surface area (Å²) in [4.78, 5) is 21.5. The Labute approximate surface area is 117 Å². The smallest absolute Gasteiger partial charge is 0.317 e. The third kappa shape index (κ3) is 3.35. The SMILES string of the molecule is CC(C)NC(=O)N1CCC(Oc2nccnc2C#N)C1. The zero-order valence-electron chi connectivity index (χ0n) is 11.5. The van der Waals surface area contributed by atoms with Gasteiger partial charge in [-0.05, 0) is 13.8 Å². The van der Waals surface area contributed by atoms with E-state index in [4.69, 9.17) is 10.00 Å². The fourth-order valence-corrected chi connectivity index (χ4v) is 1.99. The van der Waals surface area contributed by atoms with E-state index in [9.17, 15) is 4.79 Å². The van der Waals surface area contributed by atoms with Crippen LogP contribution < -0.4 is 10.1 Å². The van der Waals surface area contributed by atoms with Crippen molar-refractivity contribution in [2.75, 3.05) is 13.1 Å². The van der Waals surface area contributed by atoms with Gasteiger partial charge in [0.25, 0.3) is 5.88 Å². The Bertz CT molecular complexity index is 526. The second kappa shape index (κ2) is 6.19. The number of nitrogens with one attached hydrogen (secondary N) is 1. The van der Waals surface area contributed by atoms with Crippen molar-refractivity contribution in [3.05, 3.63) is 18.1 Å². The number of hydrogen-bond acceptors (Lipinski definition) is 5. The van der Waals surface area contributed by atoms with E-state index in [1.807, 2.05) is 19.9 Å². The molecule has 0 aliphatic carbocycles. The zero-order valence-corrected chi connectivity index (χ0v) is 11.5. The Morgan fingerprint density at radius 2 is 2.30 bits per heavy atom. The van der Waals surface area contributed by atoms with E-state index in [1.165, 1.54) is 12.4 Å². The molecule has 0 bridgehead atoms. The van der Waals surface area contributed by atoms with Gasteiger partial charge in [-0.3, -0.25) is 0 Å². The largest absolute Gasteiger partial charge is 0.470 e. The monoisotopic (exact) mass is 275 g/mol. The molecule has 2 heterocycles. The molecule has 2 amide bonds. The minimum absolute atomic E-state index is 0.0919. The predicted octanol–water partition coefficient (Wildman–Crippen LogP) is 0.919. The Kier molecular flexibility index (Phi) is 4.35. The molecule has 106 valence electrons. The molecular weight excluding hydrogens is 258 g/mol. The first-order valence-electron chi connectivity index (χ1n) is 6.53. The molecule has 7 nitrogen and oxygen atoms in total. The van der Waals surface area contributed by atoms with E-state index in [0.717, 1.165) is 0 Å². The van der Waals surface area contributed by atoms with Crippen molar-refractivity contribution in [3.8, 4) is 11.9 Å². The summed E-state index contributed by atoms with van der Waals surface area (Å²) >= 11 is 0. The number of aromatic nitrogens is 2. The average Bonchev–Trinajstić information content (AvgIpc) is 2.87. The van der Waals surface area contributed by atoms with Crippen LogP contribution in [0.2, 0.25) is 0 Å². The van der Waals surface area contributed by atoms with Crippen molar-refractivity contribution in [1.29, 1.82) is 5.26 Å². The Hall–Kier alpha value is -2.36. The van der Waals surface area contributed by atoms with Gasteiger partial charge in [0.05, 0.1) is 6.54 Å². The first kappa shape index (κ1) is 14.1. The molecule has 1 N–H and O–H groups in total. The Morgan fingerprint density at radius 3 is 3.00 bits per heavy atom. The van der Waals surface area contributed by atoms with Crippen LogP contribution in [0.1, 0.15) is 26.0 Å². The molecule has 2 rings (SSSR count). The maximum Gasteiger partial charge on any atom is 0.317 e. The van der Waals surface area contributed by atoms with Gasteiger partial charge in [0, 0.05) is 31.4 Å². The molecule has 1 aliphatic rings. The van der Waals surface area contributed by atoms with Gasteiger partial charge < -0.3 is 15.0 Å². The molecule has 0 spiro atoms. The zero-order chi connectivity index (χ0) is 14.5. The van der Waals surface area contributed by atoms with Gasteiger partial charge in [-0.15, -0.1) is 0 Å². The maximum atomic E-state index is 11.9. The topological polar surface area (TPSA) is 91.1 Å². The van der Waals surface area contributed by atoms with Crippen LogP contribution in [0.15, 0.2) is 12.4 Å². The maximum absolute atomic E-state index is 11.9. The fourth-order valence-electron chi connectivity index (χ4n) is 1.99. The summed E-state index contributed by atoms with van der Waals surface area (Å²) in [6.45, 7) is 4.95. The van der Waals surface area contributed by atoms with E-state index in [2.05, 4.69) is 15.3 Å². The molecule has 0 radical (unpaired) electrons. The number of likely N-dealkylation sites (tertiary alicyclic amines) is 1. The molecule has 1 saturated heterocycles. The number of nitrogens with zero attached hydrogens (tertiary/aromatic N) is 4. The van der Waals surface area contributed by atoms with Crippen LogP contribution >= 0.6 is 0 Å². The number of ether oxygens (including phenoxy) is 1. The summed E-state index contributed by atoms with van der Waals surface area (Å²) in [6, 6.07) is 1.95. The molecule has 20 heavy (non-hydrogen) atoms. The summed E-state index contributed by atoms with van der Waals surface area (Å²) in [5.41, 5.74) is 0.164. The van der Waals surface area contributed by atoms with Gasteiger partial charge in [0.1, 0.15) is 12.2 Å². The molecule has 1 atom stereocenters. The van der Waals surface area contributed by atoms with Crippen LogP contribution in [0, 0.1) is 11.3 Å². The quantitative estimate of drug-likeness (QED) is 0.885. The average molecular weight is 275 g/mol. The van der Waals surface area contributed by atoms with E-state index in [-0.39, 0.29) is 29.8 Å². The van der Waals surface area contributed by atoms with Crippen LogP contribution in [0.5, 0.6) is 5.88 Å². The van der Waals surface area contributed by atoms with Gasteiger partial charge in [-0.1, -0.05) is 0 Å². The van der Waals surface area contributed by atoms with E-state index >= 15 is 0 Å². The lowest BCUT2D eigenvalue weighted by Crippen LogP contribution is -2.42.